The largest absolute Gasteiger partial charge is 0.465 e. The number of morpholine rings is 1. The molecule has 0 atom stereocenters. The fourth-order valence-electron chi connectivity index (χ4n) is 3.44. The summed E-state index contributed by atoms with van der Waals surface area (Å²) < 4.78 is 46.1. The summed E-state index contributed by atoms with van der Waals surface area (Å²) in [6.45, 7) is 3.84. The van der Waals surface area contributed by atoms with Crippen molar-refractivity contribution in [1.29, 1.82) is 0 Å². The Bertz CT molecular complexity index is 1230. The highest BCUT2D eigenvalue weighted by Gasteiger charge is 2.36. The number of hydrogen-bond donors (Lipinski definition) is 4. The monoisotopic (exact) mass is 522 g/mol. The minimum atomic E-state index is -4.78. The van der Waals surface area contributed by atoms with E-state index in [4.69, 9.17) is 9.84 Å². The Balaban J connectivity index is 1.52. The first-order valence-electron chi connectivity index (χ1n) is 10.7. The molecule has 36 heavy (non-hydrogen) atoms. The predicted molar refractivity (Wildman–Crippen MR) is 126 cm³/mol. The molecule has 3 aromatic rings. The smallest absolute Gasteiger partial charge is 0.421 e. The number of carbonyl (C=O) groups excluding carboxylic acids is 1. The minimum absolute atomic E-state index is 0.00337. The lowest BCUT2D eigenvalue weighted by atomic mass is 10.2. The Hall–Kier alpha value is -3.75. The van der Waals surface area contributed by atoms with Crippen molar-refractivity contribution in [2.45, 2.75) is 12.7 Å². The topological polar surface area (TPSA) is 129 Å². The van der Waals surface area contributed by atoms with Gasteiger partial charge in [-0.3, -0.25) is 15.0 Å². The van der Waals surface area contributed by atoms with Crippen LogP contribution in [-0.2, 0) is 17.5 Å². The van der Waals surface area contributed by atoms with E-state index in [0.717, 1.165) is 36.5 Å². The normalized spacial score (nSPS) is 14.3. The number of halogens is 3. The van der Waals surface area contributed by atoms with Gasteiger partial charge in [0.1, 0.15) is 16.4 Å². The Morgan fingerprint density at radius 1 is 1.11 bits per heavy atom. The Morgan fingerprint density at radius 3 is 2.50 bits per heavy atom. The van der Waals surface area contributed by atoms with Crippen molar-refractivity contribution in [3.63, 3.8) is 0 Å². The number of imide groups is 1. The molecule has 2 aromatic heterocycles. The lowest BCUT2D eigenvalue weighted by molar-refractivity contribution is -0.137. The highest BCUT2D eigenvalue weighted by molar-refractivity contribution is 7.14. The molecule has 0 radical (unpaired) electrons. The molecule has 10 nitrogen and oxygen atoms in total. The molecule has 0 bridgehead atoms. The van der Waals surface area contributed by atoms with E-state index < -0.39 is 29.6 Å². The van der Waals surface area contributed by atoms with E-state index in [-0.39, 0.29) is 16.5 Å². The van der Waals surface area contributed by atoms with E-state index in [2.05, 4.69) is 25.5 Å². The second kappa shape index (κ2) is 10.9. The molecule has 14 heteroatoms. The molecule has 0 unspecified atom stereocenters. The summed E-state index contributed by atoms with van der Waals surface area (Å²) in [5.41, 5.74) is 0.360. The molecule has 2 amide bonds. The number of nitrogens with one attached hydrogen (secondary N) is 3. The van der Waals surface area contributed by atoms with Gasteiger partial charge in [-0.05, 0) is 29.1 Å². The van der Waals surface area contributed by atoms with Crippen LogP contribution < -0.4 is 16.0 Å². The van der Waals surface area contributed by atoms with Crippen molar-refractivity contribution in [2.75, 3.05) is 36.9 Å². The number of carbonyl (C=O) groups is 2. The minimum Gasteiger partial charge on any atom is -0.465 e. The van der Waals surface area contributed by atoms with E-state index in [9.17, 15) is 22.8 Å². The third kappa shape index (κ3) is 6.47. The molecule has 0 spiro atoms. The fraction of sp³-hybridized carbons (Fsp3) is 0.273. The number of carboxylic acid groups (broad SMARTS) is 1. The van der Waals surface area contributed by atoms with Crippen molar-refractivity contribution in [1.82, 2.24) is 20.2 Å². The van der Waals surface area contributed by atoms with Crippen LogP contribution in [0.15, 0.2) is 41.9 Å². The average molecular weight is 523 g/mol. The molecule has 1 saturated heterocycles. The number of amides is 2. The number of alkyl halides is 3. The third-order valence-corrected chi connectivity index (χ3v) is 6.01. The van der Waals surface area contributed by atoms with E-state index in [0.29, 0.717) is 25.1 Å². The van der Waals surface area contributed by atoms with Gasteiger partial charge in [0.25, 0.3) is 5.91 Å². The zero-order valence-corrected chi connectivity index (χ0v) is 19.4. The van der Waals surface area contributed by atoms with Crippen LogP contribution in [0, 0.1) is 0 Å². The first kappa shape index (κ1) is 25.3. The molecule has 1 aliphatic rings. The van der Waals surface area contributed by atoms with Gasteiger partial charge in [0, 0.05) is 31.5 Å². The molecule has 0 aliphatic carbocycles. The molecule has 4 N–H and O–H groups in total. The van der Waals surface area contributed by atoms with Crippen LogP contribution in [-0.4, -0.2) is 58.3 Å². The van der Waals surface area contributed by atoms with E-state index in [1.807, 2.05) is 12.1 Å². The Labute approximate surface area is 207 Å². The number of rotatable bonds is 7. The number of anilines is 4. The number of ether oxygens (including phenoxy) is 1. The van der Waals surface area contributed by atoms with Gasteiger partial charge in [0.05, 0.1) is 18.8 Å². The third-order valence-electron chi connectivity index (χ3n) is 5.18. The fourth-order valence-corrected chi connectivity index (χ4v) is 4.23. The lowest BCUT2D eigenvalue weighted by Gasteiger charge is -2.26. The molecule has 1 fully saturated rings. The maximum atomic E-state index is 13.6. The van der Waals surface area contributed by atoms with Crippen LogP contribution in [0.1, 0.15) is 21.5 Å². The van der Waals surface area contributed by atoms with Crippen molar-refractivity contribution in [3.8, 4) is 0 Å². The van der Waals surface area contributed by atoms with Crippen LogP contribution in [0.4, 0.5) is 40.4 Å². The van der Waals surface area contributed by atoms with Crippen molar-refractivity contribution < 1.29 is 32.6 Å². The predicted octanol–water partition coefficient (Wildman–Crippen LogP) is 4.28. The summed E-state index contributed by atoms with van der Waals surface area (Å²) in [7, 11) is 0. The number of aromatic nitrogens is 2. The average Bonchev–Trinajstić information content (AvgIpc) is 3.28. The van der Waals surface area contributed by atoms with Gasteiger partial charge in [0.15, 0.2) is 0 Å². The zero-order chi connectivity index (χ0) is 25.7. The summed E-state index contributed by atoms with van der Waals surface area (Å²) in [5, 5.41) is 17.2. The van der Waals surface area contributed by atoms with Crippen LogP contribution >= 0.6 is 11.3 Å². The molecule has 3 heterocycles. The van der Waals surface area contributed by atoms with Crippen molar-refractivity contribution in [2.24, 2.45) is 0 Å². The quantitative estimate of drug-likeness (QED) is 0.359. The molecule has 0 saturated carbocycles. The number of thiophene rings is 1. The van der Waals surface area contributed by atoms with Crippen molar-refractivity contribution >= 4 is 45.8 Å². The summed E-state index contributed by atoms with van der Waals surface area (Å²) in [5.74, 6) is -1.67. The van der Waals surface area contributed by atoms with E-state index in [1.165, 1.54) is 11.4 Å². The van der Waals surface area contributed by atoms with Crippen LogP contribution in [0.5, 0.6) is 0 Å². The summed E-state index contributed by atoms with van der Waals surface area (Å²) in [6, 6.07) is 8.65. The standard InChI is InChI=1S/C22H21F3N6O4S/c23-22(24,25)16-11-26-20(27-14-3-1-13(2-4-14)12-31-6-8-35-9-7-31)29-17(16)28-19-15(5-10-36-19)18(32)30-21(33)34/h1-5,10-11H,6-9,12H2,(H,30,32)(H,33,34)(H2,26,27,28,29). The summed E-state index contributed by atoms with van der Waals surface area (Å²) >= 11 is 0.920. The first-order chi connectivity index (χ1) is 17.2. The lowest BCUT2D eigenvalue weighted by Crippen LogP contribution is -2.35. The van der Waals surface area contributed by atoms with Gasteiger partial charge < -0.3 is 20.5 Å². The van der Waals surface area contributed by atoms with E-state index >= 15 is 0 Å². The van der Waals surface area contributed by atoms with Gasteiger partial charge in [-0.15, -0.1) is 11.3 Å². The molecule has 1 aromatic carbocycles. The SMILES string of the molecule is O=C(O)NC(=O)c1ccsc1Nc1nc(Nc2ccc(CN3CCOCC3)cc2)ncc1C(F)(F)F. The second-order valence-electron chi connectivity index (χ2n) is 7.71. The maximum Gasteiger partial charge on any atom is 0.421 e. The highest BCUT2D eigenvalue weighted by Crippen LogP contribution is 2.37. The number of hydrogen-bond acceptors (Lipinski definition) is 9. The van der Waals surface area contributed by atoms with Crippen LogP contribution in [0.2, 0.25) is 0 Å². The van der Waals surface area contributed by atoms with Gasteiger partial charge in [-0.1, -0.05) is 12.1 Å². The molecule has 4 rings (SSSR count). The first-order valence-corrected chi connectivity index (χ1v) is 11.6. The summed E-state index contributed by atoms with van der Waals surface area (Å²) in [4.78, 5) is 32.9. The Kier molecular flexibility index (Phi) is 7.67. The van der Waals surface area contributed by atoms with Crippen LogP contribution in [0.3, 0.4) is 0 Å². The van der Waals surface area contributed by atoms with Crippen molar-refractivity contribution in [3.05, 3.63) is 58.6 Å². The van der Waals surface area contributed by atoms with Gasteiger partial charge >= 0.3 is 12.3 Å². The molecule has 190 valence electrons. The second-order valence-corrected chi connectivity index (χ2v) is 8.63. The van der Waals surface area contributed by atoms with Crippen LogP contribution in [0.25, 0.3) is 0 Å². The number of benzene rings is 1. The molecule has 1 aliphatic heterocycles. The zero-order valence-electron chi connectivity index (χ0n) is 18.6. The number of nitrogens with zero attached hydrogens (tertiary/aromatic N) is 3. The Morgan fingerprint density at radius 2 is 1.83 bits per heavy atom. The highest BCUT2D eigenvalue weighted by atomic mass is 32.1. The molecular formula is C22H21F3N6O4S. The molecular weight excluding hydrogens is 501 g/mol. The van der Waals surface area contributed by atoms with E-state index in [1.54, 1.807) is 17.4 Å². The summed E-state index contributed by atoms with van der Waals surface area (Å²) in [6.07, 6.45) is -5.73. The van der Waals surface area contributed by atoms with Gasteiger partial charge in [0.2, 0.25) is 5.95 Å². The van der Waals surface area contributed by atoms with Gasteiger partial charge in [-0.25, -0.2) is 9.78 Å². The maximum absolute atomic E-state index is 13.6. The van der Waals surface area contributed by atoms with Gasteiger partial charge in [-0.2, -0.15) is 18.2 Å².